The number of hydrogen-bond donors (Lipinski definition) is 1. The molecule has 0 spiro atoms. The van der Waals surface area contributed by atoms with E-state index in [9.17, 15) is 10.1 Å². The lowest BCUT2D eigenvalue weighted by Crippen LogP contribution is -2.32. The quantitative estimate of drug-likeness (QED) is 0.503. The van der Waals surface area contributed by atoms with Gasteiger partial charge in [0.2, 0.25) is 11.6 Å². The average molecular weight is 371 g/mol. The Labute approximate surface area is 161 Å². The molecular weight excluding hydrogens is 342 g/mol. The summed E-state index contributed by atoms with van der Waals surface area (Å²) in [5.74, 6) is 1.31. The molecule has 1 aromatic heterocycles. The van der Waals surface area contributed by atoms with Crippen LogP contribution in [0, 0.1) is 22.0 Å². The molecule has 27 heavy (non-hydrogen) atoms. The van der Waals surface area contributed by atoms with Crippen molar-refractivity contribution in [3.8, 4) is 0 Å². The Morgan fingerprint density at radius 1 is 1.11 bits per heavy atom. The molecule has 0 radical (unpaired) electrons. The van der Waals surface area contributed by atoms with E-state index in [0.29, 0.717) is 30.7 Å². The zero-order chi connectivity index (χ0) is 20.0. The fourth-order valence-corrected chi connectivity index (χ4v) is 3.07. The number of benzene rings is 1. The lowest BCUT2D eigenvalue weighted by atomic mass is 10.1. The van der Waals surface area contributed by atoms with E-state index in [1.54, 1.807) is 0 Å². The van der Waals surface area contributed by atoms with Crippen LogP contribution in [0.3, 0.4) is 0 Å². The Morgan fingerprint density at radius 3 is 2.30 bits per heavy atom. The molecule has 1 aromatic carbocycles. The minimum absolute atomic E-state index is 0.0790. The van der Waals surface area contributed by atoms with Crippen LogP contribution in [0.1, 0.15) is 40.2 Å². The van der Waals surface area contributed by atoms with Gasteiger partial charge in [0, 0.05) is 18.8 Å². The van der Waals surface area contributed by atoms with Crippen molar-refractivity contribution in [2.24, 2.45) is 11.8 Å². The lowest BCUT2D eigenvalue weighted by Gasteiger charge is -2.27. The first kappa shape index (κ1) is 20.6. The lowest BCUT2D eigenvalue weighted by molar-refractivity contribution is -0.383. The summed E-state index contributed by atoms with van der Waals surface area (Å²) in [4.78, 5) is 22.0. The Kier molecular flexibility index (Phi) is 7.10. The molecule has 1 N–H and O–H groups in total. The number of aryl methyl sites for hydroxylation is 1. The van der Waals surface area contributed by atoms with Crippen LogP contribution in [0.2, 0.25) is 0 Å². The average Bonchev–Trinajstić information content (AvgIpc) is 2.60. The second-order valence-electron chi connectivity index (χ2n) is 7.48. The van der Waals surface area contributed by atoms with Crippen LogP contribution in [0.5, 0.6) is 0 Å². The minimum atomic E-state index is -0.389. The number of para-hydroxylation sites is 1. The molecule has 7 nitrogen and oxygen atoms in total. The Hall–Kier alpha value is -2.70. The summed E-state index contributed by atoms with van der Waals surface area (Å²) >= 11 is 0. The molecule has 146 valence electrons. The van der Waals surface area contributed by atoms with Crippen LogP contribution in [-0.4, -0.2) is 28.0 Å². The Bertz CT molecular complexity index is 767. The molecule has 7 heteroatoms. The van der Waals surface area contributed by atoms with Crippen molar-refractivity contribution in [2.75, 3.05) is 23.3 Å². The highest BCUT2D eigenvalue weighted by Gasteiger charge is 2.28. The molecule has 0 aliphatic heterocycles. The number of anilines is 3. The van der Waals surface area contributed by atoms with Crippen LogP contribution in [0.4, 0.5) is 23.0 Å². The number of nitrogens with one attached hydrogen (secondary N) is 1. The van der Waals surface area contributed by atoms with Crippen molar-refractivity contribution in [3.63, 3.8) is 0 Å². The van der Waals surface area contributed by atoms with Crippen molar-refractivity contribution < 1.29 is 4.92 Å². The third-order valence-electron chi connectivity index (χ3n) is 4.11. The molecule has 0 unspecified atom stereocenters. The third-order valence-corrected chi connectivity index (χ3v) is 4.11. The largest absolute Gasteiger partial charge is 0.353 e. The fourth-order valence-electron chi connectivity index (χ4n) is 3.07. The van der Waals surface area contributed by atoms with E-state index >= 15 is 0 Å². The summed E-state index contributed by atoms with van der Waals surface area (Å²) in [7, 11) is 0. The van der Waals surface area contributed by atoms with E-state index < -0.39 is 0 Å². The van der Waals surface area contributed by atoms with Gasteiger partial charge in [0.15, 0.2) is 0 Å². The van der Waals surface area contributed by atoms with Crippen LogP contribution >= 0.6 is 0 Å². The topological polar surface area (TPSA) is 84.2 Å². The van der Waals surface area contributed by atoms with E-state index in [-0.39, 0.29) is 16.4 Å². The molecule has 0 bridgehead atoms. The van der Waals surface area contributed by atoms with E-state index in [2.05, 4.69) is 43.0 Å². The summed E-state index contributed by atoms with van der Waals surface area (Å²) < 4.78 is 0. The molecule has 0 atom stereocenters. The SMILES string of the molecule is CCc1ccccc1Nc1ncnc(N(CC(C)C)CC(C)C)c1[N+](=O)[O-]. The molecule has 1 heterocycles. The van der Waals surface area contributed by atoms with Crippen LogP contribution in [-0.2, 0) is 6.42 Å². The van der Waals surface area contributed by atoms with Crippen molar-refractivity contribution in [3.05, 3.63) is 46.3 Å². The van der Waals surface area contributed by atoms with Gasteiger partial charge in [-0.1, -0.05) is 52.8 Å². The molecule has 0 saturated carbocycles. The highest BCUT2D eigenvalue weighted by atomic mass is 16.6. The summed E-state index contributed by atoms with van der Waals surface area (Å²) in [6.07, 6.45) is 2.22. The maximum atomic E-state index is 11.9. The molecule has 0 aliphatic carbocycles. The number of rotatable bonds is 9. The predicted molar refractivity (Wildman–Crippen MR) is 110 cm³/mol. The predicted octanol–water partition coefficient (Wildman–Crippen LogP) is 4.81. The van der Waals surface area contributed by atoms with Crippen LogP contribution < -0.4 is 10.2 Å². The molecule has 0 fully saturated rings. The first-order valence-corrected chi connectivity index (χ1v) is 9.42. The van der Waals surface area contributed by atoms with Gasteiger partial charge >= 0.3 is 5.69 Å². The smallest absolute Gasteiger partial charge is 0.350 e. The summed E-state index contributed by atoms with van der Waals surface area (Å²) in [5.41, 5.74) is 1.82. The monoisotopic (exact) mass is 371 g/mol. The summed E-state index contributed by atoms with van der Waals surface area (Å²) in [6, 6.07) is 7.76. The minimum Gasteiger partial charge on any atom is -0.350 e. The van der Waals surface area contributed by atoms with Gasteiger partial charge in [-0.2, -0.15) is 0 Å². The van der Waals surface area contributed by atoms with Crippen molar-refractivity contribution in [1.29, 1.82) is 0 Å². The number of nitrogens with zero attached hydrogens (tertiary/aromatic N) is 4. The third kappa shape index (κ3) is 5.39. The van der Waals surface area contributed by atoms with Gasteiger partial charge in [0.1, 0.15) is 6.33 Å². The van der Waals surface area contributed by atoms with Gasteiger partial charge in [0.25, 0.3) is 0 Å². The zero-order valence-electron chi connectivity index (χ0n) is 16.8. The van der Waals surface area contributed by atoms with Crippen LogP contribution in [0.25, 0.3) is 0 Å². The van der Waals surface area contributed by atoms with Gasteiger partial charge < -0.3 is 10.2 Å². The highest BCUT2D eigenvalue weighted by molar-refractivity contribution is 5.75. The summed E-state index contributed by atoms with van der Waals surface area (Å²) in [5, 5.41) is 15.1. The first-order chi connectivity index (χ1) is 12.8. The maximum absolute atomic E-state index is 11.9. The Morgan fingerprint density at radius 2 is 1.74 bits per heavy atom. The van der Waals surface area contributed by atoms with Crippen LogP contribution in [0.15, 0.2) is 30.6 Å². The highest BCUT2D eigenvalue weighted by Crippen LogP contribution is 2.35. The first-order valence-electron chi connectivity index (χ1n) is 9.42. The van der Waals surface area contributed by atoms with Crippen molar-refractivity contribution in [1.82, 2.24) is 9.97 Å². The normalized spacial score (nSPS) is 11.1. The zero-order valence-corrected chi connectivity index (χ0v) is 16.8. The molecular formula is C20H29N5O2. The van der Waals surface area contributed by atoms with Crippen molar-refractivity contribution >= 4 is 23.0 Å². The number of hydrogen-bond acceptors (Lipinski definition) is 6. The fraction of sp³-hybridized carbons (Fsp3) is 0.500. The molecule has 0 saturated heterocycles. The van der Waals surface area contributed by atoms with Gasteiger partial charge in [-0.05, 0) is 29.9 Å². The van der Waals surface area contributed by atoms with Gasteiger partial charge in [-0.15, -0.1) is 0 Å². The Balaban J connectivity index is 2.50. The second-order valence-corrected chi connectivity index (χ2v) is 7.48. The molecule has 0 amide bonds. The standard InChI is InChI=1S/C20H29N5O2/c1-6-16-9-7-8-10-17(16)23-19-18(25(26)27)20(22-13-21-19)24(11-14(2)3)12-15(4)5/h7-10,13-15H,6,11-12H2,1-5H3,(H,21,22,23). The van der Waals surface area contributed by atoms with E-state index in [1.165, 1.54) is 6.33 Å². The van der Waals surface area contributed by atoms with E-state index in [0.717, 1.165) is 17.7 Å². The second kappa shape index (κ2) is 9.30. The van der Waals surface area contributed by atoms with E-state index in [1.807, 2.05) is 36.1 Å². The molecule has 2 aromatic rings. The summed E-state index contributed by atoms with van der Waals surface area (Å²) in [6.45, 7) is 11.8. The van der Waals surface area contributed by atoms with Gasteiger partial charge in [-0.3, -0.25) is 10.1 Å². The maximum Gasteiger partial charge on any atom is 0.353 e. The van der Waals surface area contributed by atoms with Gasteiger partial charge in [0.05, 0.1) is 4.92 Å². The molecule has 2 rings (SSSR count). The van der Waals surface area contributed by atoms with Gasteiger partial charge in [-0.25, -0.2) is 9.97 Å². The van der Waals surface area contributed by atoms with Crippen molar-refractivity contribution in [2.45, 2.75) is 41.0 Å². The number of nitro groups is 1. The number of aromatic nitrogens is 2. The van der Waals surface area contributed by atoms with E-state index in [4.69, 9.17) is 0 Å². The molecule has 0 aliphatic rings.